The molecule has 0 radical (unpaired) electrons. The van der Waals surface area contributed by atoms with Crippen molar-refractivity contribution in [3.8, 4) is 28.0 Å². The summed E-state index contributed by atoms with van der Waals surface area (Å²) in [5, 5.41) is 0. The van der Waals surface area contributed by atoms with Gasteiger partial charge in [-0.05, 0) is 84.9 Å². The Labute approximate surface area is 199 Å². The summed E-state index contributed by atoms with van der Waals surface area (Å²) in [6.45, 7) is 5.80. The van der Waals surface area contributed by atoms with Crippen LogP contribution in [0.3, 0.4) is 0 Å². The maximum Gasteiger partial charge on any atom is 0.201 e. The molecule has 0 unspecified atom stereocenters. The van der Waals surface area contributed by atoms with Gasteiger partial charge in [-0.15, -0.1) is 6.58 Å². The standard InChI is InChI=1S/C30H29F3O/c1-3-5-18-34-28-17-16-26(29(32)30(28)33)23-12-10-22(11-13-23)25-15-14-24(19-27(25)31)21-8-6-20(4-2)7-9-21/h4-5,10-21H,2-3,6-9H2,1H3/b18-5-. The van der Waals surface area contributed by atoms with Crippen LogP contribution in [0.1, 0.15) is 50.5 Å². The van der Waals surface area contributed by atoms with E-state index >= 15 is 4.39 Å². The number of rotatable bonds is 7. The minimum absolute atomic E-state index is 0.127. The summed E-state index contributed by atoms with van der Waals surface area (Å²) in [5.41, 5.74) is 2.85. The van der Waals surface area contributed by atoms with Crippen LogP contribution in [0.5, 0.6) is 5.75 Å². The van der Waals surface area contributed by atoms with E-state index in [1.54, 1.807) is 36.4 Å². The summed E-state index contributed by atoms with van der Waals surface area (Å²) in [4.78, 5) is 0. The third-order valence-electron chi connectivity index (χ3n) is 6.65. The molecule has 1 fully saturated rings. The van der Waals surface area contributed by atoms with Gasteiger partial charge in [-0.3, -0.25) is 0 Å². The molecule has 1 saturated carbocycles. The Balaban J connectivity index is 1.52. The molecule has 1 aliphatic carbocycles. The predicted octanol–water partition coefficient (Wildman–Crippen LogP) is 9.20. The van der Waals surface area contributed by atoms with Crippen LogP contribution in [-0.4, -0.2) is 0 Å². The van der Waals surface area contributed by atoms with Crippen molar-refractivity contribution in [3.05, 3.63) is 103 Å². The SMILES string of the molecule is C=CC1CCC(c2ccc(-c3ccc(-c4ccc(O/C=C\CC)c(F)c4F)cc3)c(F)c2)CC1. The fraction of sp³-hybridized carbons (Fsp3) is 0.267. The molecule has 0 aromatic heterocycles. The highest BCUT2D eigenvalue weighted by molar-refractivity contribution is 5.71. The second kappa shape index (κ2) is 10.8. The average Bonchev–Trinajstić information content (AvgIpc) is 2.87. The molecular weight excluding hydrogens is 433 g/mol. The van der Waals surface area contributed by atoms with E-state index in [4.69, 9.17) is 4.74 Å². The molecule has 0 heterocycles. The Morgan fingerprint density at radius 2 is 1.50 bits per heavy atom. The maximum absolute atomic E-state index is 15.0. The second-order valence-electron chi connectivity index (χ2n) is 8.80. The highest BCUT2D eigenvalue weighted by Gasteiger charge is 2.22. The molecule has 4 rings (SSSR count). The molecule has 176 valence electrons. The average molecular weight is 463 g/mol. The first-order chi connectivity index (χ1) is 16.5. The van der Waals surface area contributed by atoms with Gasteiger partial charge in [0.05, 0.1) is 6.26 Å². The Morgan fingerprint density at radius 3 is 2.12 bits per heavy atom. The van der Waals surface area contributed by atoms with Gasteiger partial charge >= 0.3 is 0 Å². The molecule has 34 heavy (non-hydrogen) atoms. The van der Waals surface area contributed by atoms with Gasteiger partial charge in [-0.25, -0.2) is 8.78 Å². The topological polar surface area (TPSA) is 9.23 Å². The number of benzene rings is 3. The van der Waals surface area contributed by atoms with Crippen LogP contribution in [0, 0.1) is 23.4 Å². The molecule has 0 amide bonds. The van der Waals surface area contributed by atoms with Crippen molar-refractivity contribution >= 4 is 0 Å². The molecule has 1 nitrogen and oxygen atoms in total. The minimum atomic E-state index is -1.04. The monoisotopic (exact) mass is 462 g/mol. The van der Waals surface area contributed by atoms with Crippen LogP contribution in [-0.2, 0) is 0 Å². The molecule has 0 N–H and O–H groups in total. The summed E-state index contributed by atoms with van der Waals surface area (Å²) in [5.74, 6) is -1.50. The van der Waals surface area contributed by atoms with Crippen LogP contribution < -0.4 is 4.74 Å². The van der Waals surface area contributed by atoms with Crippen LogP contribution in [0.2, 0.25) is 0 Å². The van der Waals surface area contributed by atoms with Crippen LogP contribution >= 0.6 is 0 Å². The van der Waals surface area contributed by atoms with Crippen molar-refractivity contribution in [3.63, 3.8) is 0 Å². The van der Waals surface area contributed by atoms with Gasteiger partial charge in [0, 0.05) is 11.1 Å². The Hall–Kier alpha value is -3.27. The van der Waals surface area contributed by atoms with E-state index in [0.29, 0.717) is 28.5 Å². The first-order valence-corrected chi connectivity index (χ1v) is 11.8. The molecule has 3 aromatic carbocycles. The molecular formula is C30H29F3O. The van der Waals surface area contributed by atoms with Crippen molar-refractivity contribution in [1.82, 2.24) is 0 Å². The lowest BCUT2D eigenvalue weighted by molar-refractivity contribution is 0.375. The van der Waals surface area contributed by atoms with E-state index < -0.39 is 11.6 Å². The lowest BCUT2D eigenvalue weighted by Crippen LogP contribution is -2.11. The zero-order valence-electron chi connectivity index (χ0n) is 19.4. The van der Waals surface area contributed by atoms with Gasteiger partial charge < -0.3 is 4.74 Å². The number of allylic oxidation sites excluding steroid dienone is 2. The van der Waals surface area contributed by atoms with Crippen molar-refractivity contribution in [2.75, 3.05) is 0 Å². The summed E-state index contributed by atoms with van der Waals surface area (Å²) >= 11 is 0. The zero-order valence-corrected chi connectivity index (χ0v) is 19.4. The quantitative estimate of drug-likeness (QED) is 0.251. The molecule has 3 aromatic rings. The minimum Gasteiger partial charge on any atom is -0.462 e. The van der Waals surface area contributed by atoms with Gasteiger partial charge in [0.1, 0.15) is 5.82 Å². The second-order valence-corrected chi connectivity index (χ2v) is 8.80. The van der Waals surface area contributed by atoms with Gasteiger partial charge in [0.15, 0.2) is 11.6 Å². The number of hydrogen-bond donors (Lipinski definition) is 0. The zero-order chi connectivity index (χ0) is 24.1. The van der Waals surface area contributed by atoms with Gasteiger partial charge in [-0.1, -0.05) is 49.4 Å². The predicted molar refractivity (Wildman–Crippen MR) is 132 cm³/mol. The highest BCUT2D eigenvalue weighted by atomic mass is 19.2. The molecule has 1 aliphatic rings. The van der Waals surface area contributed by atoms with Gasteiger partial charge in [0.25, 0.3) is 0 Å². The molecule has 0 saturated heterocycles. The molecule has 0 spiro atoms. The number of ether oxygens (including phenoxy) is 1. The maximum atomic E-state index is 15.0. The lowest BCUT2D eigenvalue weighted by Gasteiger charge is -2.27. The summed E-state index contributed by atoms with van der Waals surface area (Å²) in [7, 11) is 0. The Bertz CT molecular complexity index is 1170. The van der Waals surface area contributed by atoms with E-state index in [9.17, 15) is 8.78 Å². The highest BCUT2D eigenvalue weighted by Crippen LogP contribution is 2.38. The van der Waals surface area contributed by atoms with Gasteiger partial charge in [0.2, 0.25) is 5.82 Å². The van der Waals surface area contributed by atoms with Crippen LogP contribution in [0.25, 0.3) is 22.3 Å². The van der Waals surface area contributed by atoms with Crippen LogP contribution in [0.15, 0.2) is 79.6 Å². The summed E-state index contributed by atoms with van der Waals surface area (Å²) < 4.78 is 49.2. The van der Waals surface area contributed by atoms with E-state index in [1.165, 1.54) is 18.4 Å². The van der Waals surface area contributed by atoms with E-state index in [0.717, 1.165) is 37.7 Å². The van der Waals surface area contributed by atoms with Crippen molar-refractivity contribution in [2.24, 2.45) is 5.92 Å². The van der Waals surface area contributed by atoms with Crippen LogP contribution in [0.4, 0.5) is 13.2 Å². The largest absolute Gasteiger partial charge is 0.462 e. The molecule has 4 heteroatoms. The molecule has 0 bridgehead atoms. The molecule has 0 aliphatic heterocycles. The lowest BCUT2D eigenvalue weighted by atomic mass is 9.78. The smallest absolute Gasteiger partial charge is 0.201 e. The normalized spacial score (nSPS) is 18.2. The fourth-order valence-corrected chi connectivity index (χ4v) is 4.60. The van der Waals surface area contributed by atoms with E-state index in [1.807, 2.05) is 25.1 Å². The van der Waals surface area contributed by atoms with Crippen molar-refractivity contribution < 1.29 is 17.9 Å². The van der Waals surface area contributed by atoms with E-state index in [-0.39, 0.29) is 17.1 Å². The number of hydrogen-bond acceptors (Lipinski definition) is 1. The third kappa shape index (κ3) is 5.11. The van der Waals surface area contributed by atoms with Crippen molar-refractivity contribution in [1.29, 1.82) is 0 Å². The fourth-order valence-electron chi connectivity index (χ4n) is 4.60. The third-order valence-corrected chi connectivity index (χ3v) is 6.65. The van der Waals surface area contributed by atoms with Crippen molar-refractivity contribution in [2.45, 2.75) is 44.9 Å². The Morgan fingerprint density at radius 1 is 0.853 bits per heavy atom. The first kappa shape index (κ1) is 23.9. The number of halogens is 3. The first-order valence-electron chi connectivity index (χ1n) is 11.8. The summed E-state index contributed by atoms with van der Waals surface area (Å²) in [6, 6.07) is 15.2. The summed E-state index contributed by atoms with van der Waals surface area (Å²) in [6.07, 6.45) is 10.1. The van der Waals surface area contributed by atoms with E-state index in [2.05, 4.69) is 6.58 Å². The molecule has 0 atom stereocenters. The Kier molecular flexibility index (Phi) is 7.56. The van der Waals surface area contributed by atoms with Gasteiger partial charge in [-0.2, -0.15) is 4.39 Å².